The minimum absolute atomic E-state index is 0.0558. The minimum atomic E-state index is -0.860. The molecule has 1 atom stereocenters. The van der Waals surface area contributed by atoms with Crippen molar-refractivity contribution in [1.82, 2.24) is 5.32 Å². The van der Waals surface area contributed by atoms with E-state index in [-0.39, 0.29) is 5.91 Å². The Hall–Kier alpha value is -2.91. The summed E-state index contributed by atoms with van der Waals surface area (Å²) in [4.78, 5) is 12.4. The number of carbonyl (C=O) groups excluding carboxylic acids is 1. The summed E-state index contributed by atoms with van der Waals surface area (Å²) in [5, 5.41) is 13.8. The number of amides is 1. The van der Waals surface area contributed by atoms with Crippen molar-refractivity contribution < 1.29 is 9.90 Å². The zero-order valence-corrected chi connectivity index (χ0v) is 15.9. The molecule has 0 bridgehead atoms. The van der Waals surface area contributed by atoms with Gasteiger partial charge in [0, 0.05) is 13.0 Å². The number of nitrogens with one attached hydrogen (secondary N) is 1. The molecule has 4 rings (SSSR count). The van der Waals surface area contributed by atoms with Gasteiger partial charge in [0.1, 0.15) is 0 Å². The highest BCUT2D eigenvalue weighted by atomic mass is 16.3. The molecule has 0 saturated carbocycles. The van der Waals surface area contributed by atoms with Crippen molar-refractivity contribution in [2.24, 2.45) is 0 Å². The Morgan fingerprint density at radius 2 is 1.50 bits per heavy atom. The maximum absolute atomic E-state index is 12.4. The number of rotatable bonds is 5. The molecule has 0 fully saturated rings. The highest BCUT2D eigenvalue weighted by Crippen LogP contribution is 2.28. The number of aryl methyl sites for hydroxylation is 1. The number of fused-ring (bicyclic) bond motifs is 1. The lowest BCUT2D eigenvalue weighted by Crippen LogP contribution is -2.47. The Morgan fingerprint density at radius 3 is 2.25 bits per heavy atom. The SMILES string of the molecule is O=C(Cc1ccc(-c2ccccc2)cc1)NCC1(O)CCc2ccccc2C1. The summed E-state index contributed by atoms with van der Waals surface area (Å²) in [6.45, 7) is 0.294. The normalized spacial score (nSPS) is 18.3. The number of hydrogen-bond donors (Lipinski definition) is 2. The fourth-order valence-electron chi connectivity index (χ4n) is 3.89. The van der Waals surface area contributed by atoms with E-state index < -0.39 is 5.60 Å². The zero-order valence-electron chi connectivity index (χ0n) is 15.9. The van der Waals surface area contributed by atoms with Crippen LogP contribution >= 0.6 is 0 Å². The second kappa shape index (κ2) is 7.99. The van der Waals surface area contributed by atoms with Gasteiger partial charge in [0.2, 0.25) is 5.91 Å². The summed E-state index contributed by atoms with van der Waals surface area (Å²) in [5.41, 5.74) is 4.90. The average molecular weight is 371 g/mol. The van der Waals surface area contributed by atoms with Crippen LogP contribution in [-0.2, 0) is 24.1 Å². The highest BCUT2D eigenvalue weighted by Gasteiger charge is 2.32. The molecule has 1 unspecified atom stereocenters. The molecule has 0 aliphatic heterocycles. The van der Waals surface area contributed by atoms with Crippen LogP contribution in [-0.4, -0.2) is 23.2 Å². The van der Waals surface area contributed by atoms with Crippen LogP contribution in [0.25, 0.3) is 11.1 Å². The van der Waals surface area contributed by atoms with Crippen LogP contribution in [0.1, 0.15) is 23.1 Å². The number of benzene rings is 3. The van der Waals surface area contributed by atoms with E-state index in [2.05, 4.69) is 29.6 Å². The standard InChI is InChI=1S/C25H25NO2/c27-24(16-19-10-12-22(13-11-19)20-6-2-1-3-7-20)26-18-25(28)15-14-21-8-4-5-9-23(21)17-25/h1-13,28H,14-18H2,(H,26,27). The van der Waals surface area contributed by atoms with Gasteiger partial charge in [-0.05, 0) is 40.7 Å². The molecule has 3 aromatic rings. The summed E-state index contributed by atoms with van der Waals surface area (Å²) in [7, 11) is 0. The summed E-state index contributed by atoms with van der Waals surface area (Å²) in [6.07, 6.45) is 2.44. The quantitative estimate of drug-likeness (QED) is 0.714. The summed E-state index contributed by atoms with van der Waals surface area (Å²) in [6, 6.07) is 26.5. The van der Waals surface area contributed by atoms with Crippen LogP contribution in [0.15, 0.2) is 78.9 Å². The first-order valence-corrected chi connectivity index (χ1v) is 9.82. The van der Waals surface area contributed by atoms with Gasteiger partial charge < -0.3 is 10.4 Å². The molecule has 0 saturated heterocycles. The number of hydrogen-bond acceptors (Lipinski definition) is 2. The third kappa shape index (κ3) is 4.32. The van der Waals surface area contributed by atoms with Crippen molar-refractivity contribution >= 4 is 5.91 Å². The molecule has 2 N–H and O–H groups in total. The maximum atomic E-state index is 12.4. The molecule has 0 spiro atoms. The lowest BCUT2D eigenvalue weighted by molar-refractivity contribution is -0.121. The van der Waals surface area contributed by atoms with Gasteiger partial charge in [-0.25, -0.2) is 0 Å². The molecule has 0 aromatic heterocycles. The third-order valence-corrected chi connectivity index (χ3v) is 5.54. The van der Waals surface area contributed by atoms with Gasteiger partial charge in [0.05, 0.1) is 12.0 Å². The van der Waals surface area contributed by atoms with Gasteiger partial charge >= 0.3 is 0 Å². The minimum Gasteiger partial charge on any atom is -0.388 e. The van der Waals surface area contributed by atoms with E-state index in [9.17, 15) is 9.90 Å². The molecule has 1 amide bonds. The van der Waals surface area contributed by atoms with E-state index in [4.69, 9.17) is 0 Å². The zero-order chi connectivity index (χ0) is 19.4. The van der Waals surface area contributed by atoms with Crippen molar-refractivity contribution in [3.63, 3.8) is 0 Å². The summed E-state index contributed by atoms with van der Waals surface area (Å²) >= 11 is 0. The van der Waals surface area contributed by atoms with E-state index in [1.54, 1.807) is 0 Å². The molecular weight excluding hydrogens is 346 g/mol. The molecule has 0 heterocycles. The first kappa shape index (κ1) is 18.5. The summed E-state index contributed by atoms with van der Waals surface area (Å²) < 4.78 is 0. The van der Waals surface area contributed by atoms with Gasteiger partial charge in [-0.15, -0.1) is 0 Å². The first-order chi connectivity index (χ1) is 13.6. The van der Waals surface area contributed by atoms with E-state index in [0.717, 1.165) is 17.5 Å². The lowest BCUT2D eigenvalue weighted by atomic mass is 9.80. The second-order valence-corrected chi connectivity index (χ2v) is 7.69. The Bertz CT molecular complexity index is 950. The van der Waals surface area contributed by atoms with Crippen LogP contribution < -0.4 is 5.32 Å². The number of carbonyl (C=O) groups is 1. The smallest absolute Gasteiger partial charge is 0.224 e. The van der Waals surface area contributed by atoms with E-state index in [1.165, 1.54) is 16.7 Å². The third-order valence-electron chi connectivity index (χ3n) is 5.54. The van der Waals surface area contributed by atoms with Gasteiger partial charge in [0.25, 0.3) is 0 Å². The number of aliphatic hydroxyl groups is 1. The van der Waals surface area contributed by atoms with E-state index >= 15 is 0 Å². The fraction of sp³-hybridized carbons (Fsp3) is 0.240. The van der Waals surface area contributed by atoms with Gasteiger partial charge in [-0.1, -0.05) is 78.9 Å². The molecule has 0 radical (unpaired) electrons. The van der Waals surface area contributed by atoms with Crippen molar-refractivity contribution in [2.45, 2.75) is 31.3 Å². The van der Waals surface area contributed by atoms with E-state index in [1.807, 2.05) is 54.6 Å². The Morgan fingerprint density at radius 1 is 0.857 bits per heavy atom. The lowest BCUT2D eigenvalue weighted by Gasteiger charge is -2.33. The van der Waals surface area contributed by atoms with Gasteiger partial charge in [-0.2, -0.15) is 0 Å². The predicted molar refractivity (Wildman–Crippen MR) is 112 cm³/mol. The Kier molecular flexibility index (Phi) is 5.27. The van der Waals surface area contributed by atoms with Crippen LogP contribution in [0.2, 0.25) is 0 Å². The van der Waals surface area contributed by atoms with Gasteiger partial charge in [-0.3, -0.25) is 4.79 Å². The Labute approximate surface area is 166 Å². The second-order valence-electron chi connectivity index (χ2n) is 7.69. The summed E-state index contributed by atoms with van der Waals surface area (Å²) in [5.74, 6) is -0.0558. The monoisotopic (exact) mass is 371 g/mol. The maximum Gasteiger partial charge on any atom is 0.224 e. The van der Waals surface area contributed by atoms with Crippen molar-refractivity contribution in [1.29, 1.82) is 0 Å². The van der Waals surface area contributed by atoms with Crippen molar-refractivity contribution in [3.8, 4) is 11.1 Å². The molecule has 1 aliphatic rings. The van der Waals surface area contributed by atoms with Crippen molar-refractivity contribution in [3.05, 3.63) is 95.6 Å². The van der Waals surface area contributed by atoms with Crippen LogP contribution in [0, 0.1) is 0 Å². The topological polar surface area (TPSA) is 49.3 Å². The molecule has 28 heavy (non-hydrogen) atoms. The van der Waals surface area contributed by atoms with Crippen LogP contribution in [0.4, 0.5) is 0 Å². The fourth-order valence-corrected chi connectivity index (χ4v) is 3.89. The first-order valence-electron chi connectivity index (χ1n) is 9.82. The molecule has 142 valence electrons. The van der Waals surface area contributed by atoms with Crippen LogP contribution in [0.5, 0.6) is 0 Å². The molecule has 3 aromatic carbocycles. The van der Waals surface area contributed by atoms with Crippen molar-refractivity contribution in [2.75, 3.05) is 6.54 Å². The molecule has 1 aliphatic carbocycles. The molecule has 3 nitrogen and oxygen atoms in total. The van der Waals surface area contributed by atoms with E-state index in [0.29, 0.717) is 25.8 Å². The highest BCUT2D eigenvalue weighted by molar-refractivity contribution is 5.79. The largest absolute Gasteiger partial charge is 0.388 e. The van der Waals surface area contributed by atoms with Crippen LogP contribution in [0.3, 0.4) is 0 Å². The Balaban J connectivity index is 1.32. The van der Waals surface area contributed by atoms with Gasteiger partial charge in [0.15, 0.2) is 0 Å². The average Bonchev–Trinajstić information content (AvgIpc) is 2.73. The molecule has 3 heteroatoms. The molecular formula is C25H25NO2. The predicted octanol–water partition coefficient (Wildman–Crippen LogP) is 3.93.